The van der Waals surface area contributed by atoms with E-state index in [1.807, 2.05) is 32.0 Å². The van der Waals surface area contributed by atoms with Gasteiger partial charge in [-0.25, -0.2) is 0 Å². The highest BCUT2D eigenvalue weighted by Gasteiger charge is 2.18. The predicted octanol–water partition coefficient (Wildman–Crippen LogP) is 3.56. The fourth-order valence-corrected chi connectivity index (χ4v) is 2.92. The van der Waals surface area contributed by atoms with E-state index in [2.05, 4.69) is 15.5 Å². The van der Waals surface area contributed by atoms with Crippen LogP contribution in [-0.2, 0) is 11.2 Å². The first kappa shape index (κ1) is 20.2. The zero-order valence-electron chi connectivity index (χ0n) is 17.0. The van der Waals surface area contributed by atoms with Crippen molar-refractivity contribution in [2.45, 2.75) is 20.3 Å². The van der Waals surface area contributed by atoms with E-state index < -0.39 is 0 Å². The van der Waals surface area contributed by atoms with Crippen molar-refractivity contribution in [2.75, 3.05) is 26.6 Å². The van der Waals surface area contributed by atoms with Crippen LogP contribution in [0.25, 0.3) is 11.5 Å². The highest BCUT2D eigenvalue weighted by Crippen LogP contribution is 2.41. The molecule has 1 heterocycles. The summed E-state index contributed by atoms with van der Waals surface area (Å²) >= 11 is 0. The van der Waals surface area contributed by atoms with E-state index in [4.69, 9.17) is 18.6 Å². The van der Waals surface area contributed by atoms with Crippen LogP contribution in [0.1, 0.15) is 16.7 Å². The van der Waals surface area contributed by atoms with Crippen molar-refractivity contribution in [3.63, 3.8) is 0 Å². The summed E-state index contributed by atoms with van der Waals surface area (Å²) in [5.41, 5.74) is 3.67. The molecule has 0 aliphatic rings. The Morgan fingerprint density at radius 1 is 1.00 bits per heavy atom. The fourth-order valence-electron chi connectivity index (χ4n) is 2.92. The van der Waals surface area contributed by atoms with Crippen molar-refractivity contribution >= 4 is 11.9 Å². The van der Waals surface area contributed by atoms with Crippen molar-refractivity contribution < 1.29 is 23.4 Å². The summed E-state index contributed by atoms with van der Waals surface area (Å²) in [6.07, 6.45) is 0.218. The Morgan fingerprint density at radius 2 is 1.69 bits per heavy atom. The van der Waals surface area contributed by atoms with E-state index in [1.54, 1.807) is 12.1 Å². The molecule has 0 atom stereocenters. The topological polar surface area (TPSA) is 95.7 Å². The van der Waals surface area contributed by atoms with Gasteiger partial charge >= 0.3 is 6.01 Å². The average molecular weight is 397 g/mol. The first-order chi connectivity index (χ1) is 13.9. The Balaban J connectivity index is 1.79. The van der Waals surface area contributed by atoms with Crippen molar-refractivity contribution in [3.05, 3.63) is 47.0 Å². The van der Waals surface area contributed by atoms with E-state index in [0.717, 1.165) is 16.7 Å². The molecule has 0 radical (unpaired) electrons. The molecule has 0 bridgehead atoms. The molecular formula is C21H23N3O5. The van der Waals surface area contributed by atoms with Gasteiger partial charge in [-0.1, -0.05) is 28.9 Å². The summed E-state index contributed by atoms with van der Waals surface area (Å²) in [5, 5.41) is 10.5. The maximum absolute atomic E-state index is 12.4. The molecule has 0 aliphatic carbocycles. The molecule has 8 heteroatoms. The van der Waals surface area contributed by atoms with E-state index >= 15 is 0 Å². The molecule has 0 aliphatic heterocycles. The Hall–Kier alpha value is -3.55. The number of methoxy groups -OCH3 is 3. The Kier molecular flexibility index (Phi) is 6.01. The zero-order chi connectivity index (χ0) is 21.0. The molecule has 2 aromatic carbocycles. The van der Waals surface area contributed by atoms with Gasteiger partial charge in [0.25, 0.3) is 0 Å². The number of nitrogens with zero attached hydrogens (tertiary/aromatic N) is 2. The van der Waals surface area contributed by atoms with Crippen molar-refractivity contribution in [1.82, 2.24) is 10.2 Å². The van der Waals surface area contributed by atoms with Crippen molar-refractivity contribution in [3.8, 4) is 28.7 Å². The molecule has 0 saturated carbocycles. The quantitative estimate of drug-likeness (QED) is 0.651. The number of rotatable bonds is 7. The standard InChI is InChI=1S/C21H23N3O5/c1-12-6-7-13(2)14(8-12)11-18(25)22-21-24-23-20(29-21)15-9-16(26-3)19(28-5)17(10-15)27-4/h6-10H,11H2,1-5H3,(H,22,24,25). The molecule has 152 valence electrons. The van der Waals surface area contributed by atoms with E-state index in [1.165, 1.54) is 21.3 Å². The summed E-state index contributed by atoms with van der Waals surface area (Å²) < 4.78 is 21.6. The highest BCUT2D eigenvalue weighted by molar-refractivity contribution is 5.90. The van der Waals surface area contributed by atoms with E-state index in [0.29, 0.717) is 22.8 Å². The molecule has 3 aromatic rings. The molecule has 3 rings (SSSR count). The number of anilines is 1. The van der Waals surface area contributed by atoms with Gasteiger partial charge in [0.15, 0.2) is 11.5 Å². The van der Waals surface area contributed by atoms with Gasteiger partial charge in [-0.2, -0.15) is 0 Å². The monoisotopic (exact) mass is 397 g/mol. The molecule has 8 nitrogen and oxygen atoms in total. The number of aryl methyl sites for hydroxylation is 2. The molecule has 0 saturated heterocycles. The van der Waals surface area contributed by atoms with Crippen molar-refractivity contribution in [1.29, 1.82) is 0 Å². The van der Waals surface area contributed by atoms with Crippen LogP contribution in [0.3, 0.4) is 0 Å². The number of benzene rings is 2. The minimum atomic E-state index is -0.237. The average Bonchev–Trinajstić information content (AvgIpc) is 3.17. The summed E-state index contributed by atoms with van der Waals surface area (Å²) in [7, 11) is 4.57. The Labute approximate surface area is 168 Å². The van der Waals surface area contributed by atoms with Crippen LogP contribution in [0.5, 0.6) is 17.2 Å². The second kappa shape index (κ2) is 8.64. The van der Waals surface area contributed by atoms with Gasteiger partial charge in [0, 0.05) is 5.56 Å². The van der Waals surface area contributed by atoms with Gasteiger partial charge in [-0.15, -0.1) is 5.10 Å². The minimum absolute atomic E-state index is 0.0176. The molecule has 1 N–H and O–H groups in total. The van der Waals surface area contributed by atoms with Crippen LogP contribution in [0.15, 0.2) is 34.7 Å². The normalized spacial score (nSPS) is 10.5. The van der Waals surface area contributed by atoms with E-state index in [-0.39, 0.29) is 24.2 Å². The lowest BCUT2D eigenvalue weighted by molar-refractivity contribution is -0.115. The number of amides is 1. The number of carbonyl (C=O) groups excluding carboxylic acids is 1. The van der Waals surface area contributed by atoms with Crippen LogP contribution in [0.4, 0.5) is 6.01 Å². The highest BCUT2D eigenvalue weighted by atomic mass is 16.5. The van der Waals surface area contributed by atoms with Crippen molar-refractivity contribution in [2.24, 2.45) is 0 Å². The maximum Gasteiger partial charge on any atom is 0.322 e. The third-order valence-electron chi connectivity index (χ3n) is 4.44. The third kappa shape index (κ3) is 4.48. The fraction of sp³-hybridized carbons (Fsp3) is 0.286. The number of carbonyl (C=O) groups is 1. The second-order valence-electron chi connectivity index (χ2n) is 6.48. The van der Waals surface area contributed by atoms with Gasteiger partial charge in [0.2, 0.25) is 17.5 Å². The Morgan fingerprint density at radius 3 is 2.31 bits per heavy atom. The SMILES string of the molecule is COc1cc(-c2nnc(NC(=O)Cc3cc(C)ccc3C)o2)cc(OC)c1OC. The van der Waals surface area contributed by atoms with Gasteiger partial charge < -0.3 is 18.6 Å². The van der Waals surface area contributed by atoms with Crippen LogP contribution in [0.2, 0.25) is 0 Å². The lowest BCUT2D eigenvalue weighted by Crippen LogP contribution is -2.15. The molecular weight excluding hydrogens is 374 g/mol. The lowest BCUT2D eigenvalue weighted by Gasteiger charge is -2.12. The largest absolute Gasteiger partial charge is 0.493 e. The first-order valence-electron chi connectivity index (χ1n) is 8.95. The second-order valence-corrected chi connectivity index (χ2v) is 6.48. The van der Waals surface area contributed by atoms with Crippen LogP contribution >= 0.6 is 0 Å². The number of hydrogen-bond donors (Lipinski definition) is 1. The van der Waals surface area contributed by atoms with Gasteiger partial charge in [0.05, 0.1) is 27.8 Å². The Bertz CT molecular complexity index is 1000. The summed E-state index contributed by atoms with van der Waals surface area (Å²) in [6, 6.07) is 9.40. The molecule has 0 unspecified atom stereocenters. The molecule has 1 amide bonds. The van der Waals surface area contributed by atoms with Gasteiger partial charge in [-0.05, 0) is 37.1 Å². The van der Waals surface area contributed by atoms with Crippen LogP contribution in [-0.4, -0.2) is 37.4 Å². The zero-order valence-corrected chi connectivity index (χ0v) is 17.0. The number of ether oxygens (including phenoxy) is 3. The minimum Gasteiger partial charge on any atom is -0.493 e. The molecule has 0 spiro atoms. The number of nitrogens with one attached hydrogen (secondary N) is 1. The van der Waals surface area contributed by atoms with Gasteiger partial charge in [-0.3, -0.25) is 10.1 Å². The first-order valence-corrected chi connectivity index (χ1v) is 8.95. The van der Waals surface area contributed by atoms with E-state index in [9.17, 15) is 4.79 Å². The molecule has 0 fully saturated rings. The van der Waals surface area contributed by atoms with Crippen LogP contribution in [0, 0.1) is 13.8 Å². The molecule has 1 aromatic heterocycles. The summed E-state index contributed by atoms with van der Waals surface area (Å²) in [5.74, 6) is 1.35. The number of hydrogen-bond acceptors (Lipinski definition) is 7. The smallest absolute Gasteiger partial charge is 0.322 e. The lowest BCUT2D eigenvalue weighted by atomic mass is 10.0. The van der Waals surface area contributed by atoms with Gasteiger partial charge in [0.1, 0.15) is 0 Å². The third-order valence-corrected chi connectivity index (χ3v) is 4.44. The van der Waals surface area contributed by atoms with Crippen LogP contribution < -0.4 is 19.5 Å². The summed E-state index contributed by atoms with van der Waals surface area (Å²) in [4.78, 5) is 12.4. The summed E-state index contributed by atoms with van der Waals surface area (Å²) in [6.45, 7) is 3.96. The predicted molar refractivity (Wildman–Crippen MR) is 108 cm³/mol. The molecule has 29 heavy (non-hydrogen) atoms. The number of aromatic nitrogens is 2. The maximum atomic E-state index is 12.4.